The lowest BCUT2D eigenvalue weighted by atomic mass is 9.94. The van der Waals surface area contributed by atoms with Crippen LogP contribution in [0, 0.1) is 0 Å². The van der Waals surface area contributed by atoms with Gasteiger partial charge in [-0.3, -0.25) is 0 Å². The van der Waals surface area contributed by atoms with Gasteiger partial charge in [0.05, 0.1) is 6.04 Å². The van der Waals surface area contributed by atoms with Crippen LogP contribution in [0.2, 0.25) is 5.02 Å². The van der Waals surface area contributed by atoms with Gasteiger partial charge in [0.15, 0.2) is 0 Å². The first-order valence-electron chi connectivity index (χ1n) is 6.80. The molecule has 1 atom stereocenters. The van der Waals surface area contributed by atoms with E-state index in [-0.39, 0.29) is 6.04 Å². The van der Waals surface area contributed by atoms with E-state index in [0.717, 1.165) is 9.50 Å². The van der Waals surface area contributed by atoms with E-state index in [2.05, 4.69) is 69.8 Å². The van der Waals surface area contributed by atoms with Crippen LogP contribution in [0.3, 0.4) is 0 Å². The van der Waals surface area contributed by atoms with Crippen molar-refractivity contribution in [3.63, 3.8) is 0 Å². The first-order chi connectivity index (χ1) is 10.2. The summed E-state index contributed by atoms with van der Waals surface area (Å²) in [5.74, 6) is 0. The highest BCUT2D eigenvalue weighted by Crippen LogP contribution is 2.33. The molecule has 0 aliphatic heterocycles. The third kappa shape index (κ3) is 2.84. The minimum atomic E-state index is 0.139. The predicted molar refractivity (Wildman–Crippen MR) is 94.0 cm³/mol. The normalized spacial score (nSPS) is 12.5. The average molecular weight is 361 g/mol. The van der Waals surface area contributed by atoms with Crippen molar-refractivity contribution >= 4 is 38.3 Å². The van der Waals surface area contributed by atoms with Gasteiger partial charge in [-0.1, -0.05) is 70.0 Å². The summed E-state index contributed by atoms with van der Waals surface area (Å²) in [5.41, 5.74) is 2.47. The molecule has 3 aromatic rings. The van der Waals surface area contributed by atoms with Gasteiger partial charge in [0, 0.05) is 9.50 Å². The maximum atomic E-state index is 5.99. The van der Waals surface area contributed by atoms with Gasteiger partial charge >= 0.3 is 0 Å². The topological polar surface area (TPSA) is 12.0 Å². The molecule has 1 unspecified atom stereocenters. The highest BCUT2D eigenvalue weighted by atomic mass is 79.9. The van der Waals surface area contributed by atoms with E-state index in [1.54, 1.807) is 0 Å². The standard InChI is InChI=1S/C18H15BrClN/c1-21-18(12-6-8-13(20)9-7-12)16-10-11-17(19)15-5-3-2-4-14(15)16/h2-11,18,21H,1H3. The van der Waals surface area contributed by atoms with Crippen LogP contribution in [-0.2, 0) is 0 Å². The molecule has 1 N–H and O–H groups in total. The molecule has 0 spiro atoms. The summed E-state index contributed by atoms with van der Waals surface area (Å²) in [7, 11) is 1.98. The van der Waals surface area contributed by atoms with Gasteiger partial charge in [-0.15, -0.1) is 0 Å². The molecule has 0 saturated carbocycles. The van der Waals surface area contributed by atoms with E-state index in [4.69, 9.17) is 11.6 Å². The lowest BCUT2D eigenvalue weighted by molar-refractivity contribution is 0.697. The molecule has 0 radical (unpaired) electrons. The van der Waals surface area contributed by atoms with E-state index in [0.29, 0.717) is 0 Å². The minimum Gasteiger partial charge on any atom is -0.309 e. The number of hydrogen-bond donors (Lipinski definition) is 1. The molecule has 3 heteroatoms. The van der Waals surface area contributed by atoms with Gasteiger partial charge in [0.2, 0.25) is 0 Å². The molecule has 0 heterocycles. The number of hydrogen-bond acceptors (Lipinski definition) is 1. The molecule has 0 amide bonds. The molecule has 21 heavy (non-hydrogen) atoms. The molecule has 0 saturated heterocycles. The van der Waals surface area contributed by atoms with Gasteiger partial charge in [-0.25, -0.2) is 0 Å². The van der Waals surface area contributed by atoms with Crippen molar-refractivity contribution in [2.75, 3.05) is 7.05 Å². The van der Waals surface area contributed by atoms with E-state index >= 15 is 0 Å². The average Bonchev–Trinajstić information content (AvgIpc) is 2.52. The quantitative estimate of drug-likeness (QED) is 0.644. The summed E-state index contributed by atoms with van der Waals surface area (Å²) in [5, 5.41) is 6.64. The van der Waals surface area contributed by atoms with Crippen LogP contribution in [0.1, 0.15) is 17.2 Å². The van der Waals surface area contributed by atoms with Crippen LogP contribution in [-0.4, -0.2) is 7.05 Å². The lowest BCUT2D eigenvalue weighted by Crippen LogP contribution is -2.17. The number of benzene rings is 3. The number of halogens is 2. The van der Waals surface area contributed by atoms with Crippen LogP contribution in [0.25, 0.3) is 10.8 Å². The van der Waals surface area contributed by atoms with E-state index < -0.39 is 0 Å². The van der Waals surface area contributed by atoms with Gasteiger partial charge in [0.1, 0.15) is 0 Å². The zero-order valence-electron chi connectivity index (χ0n) is 11.6. The maximum absolute atomic E-state index is 5.99. The van der Waals surface area contributed by atoms with Gasteiger partial charge in [-0.05, 0) is 47.1 Å². The first kappa shape index (κ1) is 14.6. The maximum Gasteiger partial charge on any atom is 0.0580 e. The molecule has 3 rings (SSSR count). The van der Waals surface area contributed by atoms with Crippen LogP contribution in [0.15, 0.2) is 65.1 Å². The zero-order chi connectivity index (χ0) is 14.8. The Hall–Kier alpha value is -1.35. The summed E-state index contributed by atoms with van der Waals surface area (Å²) in [6.07, 6.45) is 0. The van der Waals surface area contributed by atoms with E-state index in [1.165, 1.54) is 21.9 Å². The van der Waals surface area contributed by atoms with Crippen molar-refractivity contribution in [3.8, 4) is 0 Å². The van der Waals surface area contributed by atoms with Crippen molar-refractivity contribution in [2.45, 2.75) is 6.04 Å². The monoisotopic (exact) mass is 359 g/mol. The second kappa shape index (κ2) is 6.18. The minimum absolute atomic E-state index is 0.139. The number of rotatable bonds is 3. The van der Waals surface area contributed by atoms with Crippen LogP contribution >= 0.6 is 27.5 Å². The van der Waals surface area contributed by atoms with Gasteiger partial charge in [0.25, 0.3) is 0 Å². The molecule has 1 nitrogen and oxygen atoms in total. The Bertz CT molecular complexity index is 768. The van der Waals surface area contributed by atoms with E-state index in [1.807, 2.05) is 19.2 Å². The SMILES string of the molecule is CNC(c1ccc(Cl)cc1)c1ccc(Br)c2ccccc12. The molecule has 3 aromatic carbocycles. The third-order valence-electron chi connectivity index (χ3n) is 3.71. The predicted octanol–water partition coefficient (Wildman–Crippen LogP) is 5.56. The fourth-order valence-corrected chi connectivity index (χ4v) is 3.30. The van der Waals surface area contributed by atoms with Crippen molar-refractivity contribution in [1.82, 2.24) is 5.32 Å². The summed E-state index contributed by atoms with van der Waals surface area (Å²) in [6, 6.07) is 20.9. The molecule has 0 aliphatic rings. The lowest BCUT2D eigenvalue weighted by Gasteiger charge is -2.20. The molecule has 0 aromatic heterocycles. The Morgan fingerprint density at radius 3 is 2.24 bits per heavy atom. The van der Waals surface area contributed by atoms with Gasteiger partial charge in [-0.2, -0.15) is 0 Å². The summed E-state index contributed by atoms with van der Waals surface area (Å²) in [4.78, 5) is 0. The van der Waals surface area contributed by atoms with Crippen LogP contribution in [0.5, 0.6) is 0 Å². The molecule has 0 fully saturated rings. The van der Waals surface area contributed by atoms with Crippen LogP contribution in [0.4, 0.5) is 0 Å². The summed E-state index contributed by atoms with van der Waals surface area (Å²) < 4.78 is 1.12. The van der Waals surface area contributed by atoms with Crippen molar-refractivity contribution in [3.05, 3.63) is 81.3 Å². The molecule has 0 bridgehead atoms. The van der Waals surface area contributed by atoms with E-state index in [9.17, 15) is 0 Å². The Balaban J connectivity index is 2.17. The third-order valence-corrected chi connectivity index (χ3v) is 4.65. The molecule has 0 aliphatic carbocycles. The number of nitrogens with one attached hydrogen (secondary N) is 1. The Kier molecular flexibility index (Phi) is 4.29. The fourth-order valence-electron chi connectivity index (χ4n) is 2.69. The Morgan fingerprint density at radius 1 is 0.905 bits per heavy atom. The second-order valence-corrected chi connectivity index (χ2v) is 6.25. The highest BCUT2D eigenvalue weighted by molar-refractivity contribution is 9.10. The first-order valence-corrected chi connectivity index (χ1v) is 7.97. The zero-order valence-corrected chi connectivity index (χ0v) is 13.9. The fraction of sp³-hybridized carbons (Fsp3) is 0.111. The smallest absolute Gasteiger partial charge is 0.0580 e. The number of fused-ring (bicyclic) bond motifs is 1. The summed E-state index contributed by atoms with van der Waals surface area (Å²) in [6.45, 7) is 0. The van der Waals surface area contributed by atoms with Crippen molar-refractivity contribution in [2.24, 2.45) is 0 Å². The highest BCUT2D eigenvalue weighted by Gasteiger charge is 2.15. The second-order valence-electron chi connectivity index (χ2n) is 4.96. The van der Waals surface area contributed by atoms with Crippen molar-refractivity contribution < 1.29 is 0 Å². The molecule has 106 valence electrons. The molecular weight excluding hydrogens is 346 g/mol. The largest absolute Gasteiger partial charge is 0.309 e. The molecular formula is C18H15BrClN. The Morgan fingerprint density at radius 2 is 1.57 bits per heavy atom. The van der Waals surface area contributed by atoms with Crippen LogP contribution < -0.4 is 5.32 Å². The Labute approximate surface area is 138 Å². The van der Waals surface area contributed by atoms with Crippen molar-refractivity contribution in [1.29, 1.82) is 0 Å². The van der Waals surface area contributed by atoms with Gasteiger partial charge < -0.3 is 5.32 Å². The summed E-state index contributed by atoms with van der Waals surface area (Å²) >= 11 is 9.62.